The molecule has 1 aliphatic rings. The van der Waals surface area contributed by atoms with Crippen LogP contribution in [0.5, 0.6) is 0 Å². The van der Waals surface area contributed by atoms with E-state index in [0.29, 0.717) is 18.3 Å². The molecule has 0 saturated carbocycles. The van der Waals surface area contributed by atoms with Crippen LogP contribution in [-0.4, -0.2) is 22.2 Å². The molecule has 198 valence electrons. The second kappa shape index (κ2) is 25.8. The summed E-state index contributed by atoms with van der Waals surface area (Å²) in [4.78, 5) is 20.3. The number of carbonyl (C=O) groups is 2. The lowest BCUT2D eigenvalue weighted by Crippen LogP contribution is -2.11. The Kier molecular flexibility index (Phi) is 26.0. The molecule has 4 nitrogen and oxygen atoms in total. The molecule has 0 aliphatic heterocycles. The van der Waals surface area contributed by atoms with Crippen molar-refractivity contribution >= 4 is 11.9 Å². The Hall–Kier alpha value is -1.84. The first-order valence-corrected chi connectivity index (χ1v) is 13.6. The van der Waals surface area contributed by atoms with E-state index in [1.54, 1.807) is 0 Å². The number of hydrogen-bond donors (Lipinski definition) is 2. The summed E-state index contributed by atoms with van der Waals surface area (Å²) in [5, 5.41) is 16.8. The van der Waals surface area contributed by atoms with E-state index in [1.807, 2.05) is 12.2 Å². The van der Waals surface area contributed by atoms with E-state index in [-0.39, 0.29) is 0 Å². The van der Waals surface area contributed by atoms with Crippen LogP contribution in [0.4, 0.5) is 0 Å². The molecule has 0 unspecified atom stereocenters. The number of rotatable bonds is 18. The third-order valence-corrected chi connectivity index (χ3v) is 5.92. The van der Waals surface area contributed by atoms with Crippen molar-refractivity contribution in [1.29, 1.82) is 0 Å². The predicted octanol–water partition coefficient (Wildman–Crippen LogP) is 9.51. The van der Waals surface area contributed by atoms with Gasteiger partial charge in [-0.1, -0.05) is 89.5 Å². The first kappa shape index (κ1) is 34.3. The minimum absolute atomic E-state index is 0.326. The highest BCUT2D eigenvalue weighted by atomic mass is 16.4. The first-order valence-electron chi connectivity index (χ1n) is 13.6. The van der Waals surface area contributed by atoms with Gasteiger partial charge in [-0.05, 0) is 63.2 Å². The van der Waals surface area contributed by atoms with Crippen molar-refractivity contribution in [3.8, 4) is 0 Å². The lowest BCUT2D eigenvalue weighted by atomic mass is 9.81. The van der Waals surface area contributed by atoms with Gasteiger partial charge in [0, 0.05) is 12.8 Å². The van der Waals surface area contributed by atoms with E-state index in [9.17, 15) is 9.59 Å². The van der Waals surface area contributed by atoms with Gasteiger partial charge >= 0.3 is 11.9 Å². The lowest BCUT2D eigenvalue weighted by molar-refractivity contribution is -0.138. The Labute approximate surface area is 210 Å². The number of aliphatic carboxylic acids is 2. The van der Waals surface area contributed by atoms with E-state index in [1.165, 1.54) is 70.6 Å². The monoisotopic (exact) mass is 478 g/mol. The maximum atomic E-state index is 10.2. The van der Waals surface area contributed by atoms with Crippen LogP contribution >= 0.6 is 0 Å². The Morgan fingerprint density at radius 2 is 1.09 bits per heavy atom. The van der Waals surface area contributed by atoms with Gasteiger partial charge in [-0.25, -0.2) is 0 Å². The lowest BCUT2D eigenvalue weighted by Gasteiger charge is -2.24. The summed E-state index contributed by atoms with van der Waals surface area (Å²) in [6.45, 7) is 12.0. The van der Waals surface area contributed by atoms with Gasteiger partial charge in [-0.3, -0.25) is 9.59 Å². The Morgan fingerprint density at radius 1 is 0.706 bits per heavy atom. The molecule has 0 saturated heterocycles. The largest absolute Gasteiger partial charge is 0.481 e. The molecule has 0 aromatic heterocycles. The Bertz CT molecular complexity index is 500. The average Bonchev–Trinajstić information content (AvgIpc) is 2.78. The predicted molar refractivity (Wildman–Crippen MR) is 146 cm³/mol. The van der Waals surface area contributed by atoms with Crippen molar-refractivity contribution < 1.29 is 19.8 Å². The van der Waals surface area contributed by atoms with E-state index < -0.39 is 11.9 Å². The fourth-order valence-electron chi connectivity index (χ4n) is 3.64. The number of carboxylic acids is 2. The summed E-state index contributed by atoms with van der Waals surface area (Å²) >= 11 is 0. The Balaban J connectivity index is 0. The van der Waals surface area contributed by atoms with Crippen molar-refractivity contribution in [2.24, 2.45) is 5.41 Å². The highest BCUT2D eigenvalue weighted by molar-refractivity contribution is 5.66. The molecule has 0 radical (unpaired) electrons. The molecule has 0 spiro atoms. The van der Waals surface area contributed by atoms with Crippen LogP contribution in [0.2, 0.25) is 0 Å². The normalized spacial score (nSPS) is 13.6. The van der Waals surface area contributed by atoms with Gasteiger partial charge in [0.15, 0.2) is 0 Å². The second-order valence-corrected chi connectivity index (χ2v) is 10.1. The van der Waals surface area contributed by atoms with Crippen LogP contribution in [0.15, 0.2) is 37.5 Å². The molecule has 1 rings (SSSR count). The molecule has 0 atom stereocenters. The van der Waals surface area contributed by atoms with Gasteiger partial charge in [0.2, 0.25) is 0 Å². The molecule has 1 aliphatic carbocycles. The third-order valence-electron chi connectivity index (χ3n) is 5.92. The highest BCUT2D eigenvalue weighted by Crippen LogP contribution is 2.30. The van der Waals surface area contributed by atoms with E-state index in [4.69, 9.17) is 10.2 Å². The number of unbranched alkanes of at least 4 members (excludes halogenated alkanes) is 12. The van der Waals surface area contributed by atoms with Crippen molar-refractivity contribution in [3.05, 3.63) is 37.5 Å². The van der Waals surface area contributed by atoms with Gasteiger partial charge in [0.1, 0.15) is 0 Å². The summed E-state index contributed by atoms with van der Waals surface area (Å²) in [6.07, 6.45) is 28.8. The minimum atomic E-state index is -0.674. The van der Waals surface area contributed by atoms with Gasteiger partial charge in [-0.2, -0.15) is 0 Å². The third kappa shape index (κ3) is 32.3. The highest BCUT2D eigenvalue weighted by Gasteiger charge is 2.16. The van der Waals surface area contributed by atoms with E-state index >= 15 is 0 Å². The fourth-order valence-corrected chi connectivity index (χ4v) is 3.64. The van der Waals surface area contributed by atoms with Crippen LogP contribution in [0.1, 0.15) is 136 Å². The molecule has 0 heterocycles. The summed E-state index contributed by atoms with van der Waals surface area (Å²) in [6, 6.07) is 0. The van der Waals surface area contributed by atoms with Gasteiger partial charge in [0.25, 0.3) is 0 Å². The van der Waals surface area contributed by atoms with Gasteiger partial charge in [-0.15, -0.1) is 13.2 Å². The topological polar surface area (TPSA) is 74.6 Å². The molecule has 0 aromatic carbocycles. The number of hydrogen-bond acceptors (Lipinski definition) is 2. The van der Waals surface area contributed by atoms with Gasteiger partial charge < -0.3 is 10.2 Å². The fraction of sp³-hybridized carbons (Fsp3) is 0.733. The molecular weight excluding hydrogens is 424 g/mol. The summed E-state index contributed by atoms with van der Waals surface area (Å²) in [7, 11) is 0. The average molecular weight is 479 g/mol. The molecule has 2 N–H and O–H groups in total. The summed E-state index contributed by atoms with van der Waals surface area (Å²) < 4.78 is 0. The van der Waals surface area contributed by atoms with Crippen LogP contribution < -0.4 is 0 Å². The molecule has 0 bridgehead atoms. The van der Waals surface area contributed by atoms with E-state index in [0.717, 1.165) is 38.5 Å². The molecule has 4 heteroatoms. The summed E-state index contributed by atoms with van der Waals surface area (Å²) in [5.74, 6) is -1.35. The van der Waals surface area contributed by atoms with Crippen molar-refractivity contribution in [2.75, 3.05) is 0 Å². The summed E-state index contributed by atoms with van der Waals surface area (Å²) in [5.41, 5.74) is 0.592. The Morgan fingerprint density at radius 3 is 1.35 bits per heavy atom. The van der Waals surface area contributed by atoms with Crippen LogP contribution in [0, 0.1) is 5.41 Å². The maximum Gasteiger partial charge on any atom is 0.303 e. The van der Waals surface area contributed by atoms with Crippen LogP contribution in [0.25, 0.3) is 0 Å². The molecule has 0 aromatic rings. The zero-order valence-electron chi connectivity index (χ0n) is 22.4. The smallest absolute Gasteiger partial charge is 0.303 e. The van der Waals surface area contributed by atoms with Crippen LogP contribution in [0.3, 0.4) is 0 Å². The van der Waals surface area contributed by atoms with Gasteiger partial charge in [0.05, 0.1) is 0 Å². The number of carboxylic acid groups (broad SMARTS) is 2. The SMILES string of the molecule is C=CCCCCCCCCC(=O)O.C=CCCCCCCCCC(=O)O.CC1(C)CC=CCC1. The molecular formula is C30H54O4. The quantitative estimate of drug-likeness (QED) is 0.152. The maximum absolute atomic E-state index is 10.2. The first-order chi connectivity index (χ1) is 16.2. The number of allylic oxidation sites excluding steroid dienone is 4. The van der Waals surface area contributed by atoms with Crippen LogP contribution in [-0.2, 0) is 9.59 Å². The second-order valence-electron chi connectivity index (χ2n) is 10.1. The van der Waals surface area contributed by atoms with Crippen molar-refractivity contribution in [3.63, 3.8) is 0 Å². The zero-order valence-corrected chi connectivity index (χ0v) is 22.4. The van der Waals surface area contributed by atoms with Crippen molar-refractivity contribution in [2.45, 2.75) is 136 Å². The van der Waals surface area contributed by atoms with Crippen molar-refractivity contribution in [1.82, 2.24) is 0 Å². The molecule has 0 amide bonds. The standard InChI is InChI=1S/2C11H20O2.C8H14/c2*1-2-3-4-5-6-7-8-9-10-11(12)13;1-8(2)6-4-3-5-7-8/h2*2H,1,3-10H2,(H,12,13);3-4H,5-7H2,1-2H3. The molecule has 0 fully saturated rings. The minimum Gasteiger partial charge on any atom is -0.481 e. The molecule has 34 heavy (non-hydrogen) atoms. The van der Waals surface area contributed by atoms with E-state index in [2.05, 4.69) is 39.2 Å². The zero-order chi connectivity index (χ0) is 25.9.